The SMILES string of the molecule is CS(=O)(=O)N1CCC(Nc2ncc(C(F)(F)F)c(-c3cn(-c4cc(F)ccc4C#N)cn3)n2)CC1. The molecule has 0 amide bonds. The molecule has 1 saturated heterocycles. The molecular formula is C21H19F4N7O2S. The fourth-order valence-corrected chi connectivity index (χ4v) is 4.63. The number of aromatic nitrogens is 4. The summed E-state index contributed by atoms with van der Waals surface area (Å²) in [6.45, 7) is 0.534. The predicted octanol–water partition coefficient (Wildman–Crippen LogP) is 3.19. The molecule has 0 atom stereocenters. The van der Waals surface area contributed by atoms with Gasteiger partial charge in [0.15, 0.2) is 0 Å². The molecule has 1 N–H and O–H groups in total. The summed E-state index contributed by atoms with van der Waals surface area (Å²) in [5, 5.41) is 12.2. The summed E-state index contributed by atoms with van der Waals surface area (Å²) in [6.07, 6.45) is 0.251. The molecule has 4 rings (SSSR count). The predicted molar refractivity (Wildman–Crippen MR) is 117 cm³/mol. The van der Waals surface area contributed by atoms with E-state index in [1.165, 1.54) is 27.5 Å². The van der Waals surface area contributed by atoms with Gasteiger partial charge < -0.3 is 9.88 Å². The molecule has 0 radical (unpaired) electrons. The average molecular weight is 509 g/mol. The van der Waals surface area contributed by atoms with Crippen LogP contribution in [0.15, 0.2) is 36.9 Å². The number of hydrogen-bond donors (Lipinski definition) is 1. The average Bonchev–Trinajstić information content (AvgIpc) is 3.28. The first-order valence-electron chi connectivity index (χ1n) is 10.4. The smallest absolute Gasteiger partial charge is 0.351 e. The maximum Gasteiger partial charge on any atom is 0.420 e. The Labute approximate surface area is 198 Å². The zero-order chi connectivity index (χ0) is 25.4. The Kier molecular flexibility index (Phi) is 6.48. The van der Waals surface area contributed by atoms with Crippen LogP contribution in [-0.4, -0.2) is 57.6 Å². The third kappa shape index (κ3) is 5.41. The van der Waals surface area contributed by atoms with E-state index in [-0.39, 0.29) is 42.0 Å². The van der Waals surface area contributed by atoms with Crippen LogP contribution in [-0.2, 0) is 16.2 Å². The first-order valence-corrected chi connectivity index (χ1v) is 12.2. The number of imidazole rings is 1. The van der Waals surface area contributed by atoms with Gasteiger partial charge in [0.1, 0.15) is 35.2 Å². The van der Waals surface area contributed by atoms with Gasteiger partial charge in [0.25, 0.3) is 0 Å². The summed E-state index contributed by atoms with van der Waals surface area (Å²) in [5.41, 5.74) is -1.53. The first kappa shape index (κ1) is 24.6. The van der Waals surface area contributed by atoms with Gasteiger partial charge in [-0.05, 0) is 31.0 Å². The van der Waals surface area contributed by atoms with Crippen LogP contribution in [0.25, 0.3) is 17.1 Å². The molecule has 1 aliphatic rings. The van der Waals surface area contributed by atoms with Crippen LogP contribution in [0.2, 0.25) is 0 Å². The van der Waals surface area contributed by atoms with Crippen molar-refractivity contribution in [2.45, 2.75) is 25.1 Å². The monoisotopic (exact) mass is 509 g/mol. The van der Waals surface area contributed by atoms with Crippen molar-refractivity contribution >= 4 is 16.0 Å². The number of nitrogens with zero attached hydrogens (tertiary/aromatic N) is 6. The second-order valence-corrected chi connectivity index (χ2v) is 9.96. The highest BCUT2D eigenvalue weighted by Crippen LogP contribution is 2.36. The van der Waals surface area contributed by atoms with E-state index in [4.69, 9.17) is 0 Å². The van der Waals surface area contributed by atoms with Crippen molar-refractivity contribution < 1.29 is 26.0 Å². The van der Waals surface area contributed by atoms with Gasteiger partial charge in [-0.2, -0.15) is 18.4 Å². The molecule has 35 heavy (non-hydrogen) atoms. The maximum atomic E-state index is 13.7. The standard InChI is InChI=1S/C21H19F4N7O2S/c1-35(33,34)32-6-4-15(5-7-32)29-20-27-10-16(21(23,24)25)19(30-20)17-11-31(12-28-17)18-8-14(22)3-2-13(18)9-26/h2-3,8,10-12,15H,4-7H2,1H3,(H,27,29,30). The number of halogens is 4. The summed E-state index contributed by atoms with van der Waals surface area (Å²) < 4.78 is 80.7. The van der Waals surface area contributed by atoms with Crippen molar-refractivity contribution in [2.24, 2.45) is 0 Å². The van der Waals surface area contributed by atoms with Crippen molar-refractivity contribution in [1.82, 2.24) is 23.8 Å². The molecule has 0 unspecified atom stereocenters. The normalized spacial score (nSPS) is 15.7. The number of hydrogen-bond acceptors (Lipinski definition) is 7. The fraction of sp³-hybridized carbons (Fsp3) is 0.333. The van der Waals surface area contributed by atoms with Gasteiger partial charge in [-0.15, -0.1) is 0 Å². The molecule has 2 aromatic heterocycles. The van der Waals surface area contributed by atoms with Gasteiger partial charge in [0, 0.05) is 31.5 Å². The van der Waals surface area contributed by atoms with Gasteiger partial charge >= 0.3 is 6.18 Å². The van der Waals surface area contributed by atoms with Gasteiger partial charge in [0.2, 0.25) is 16.0 Å². The lowest BCUT2D eigenvalue weighted by atomic mass is 10.1. The summed E-state index contributed by atoms with van der Waals surface area (Å²) in [5.74, 6) is -0.690. The molecular weight excluding hydrogens is 490 g/mol. The Bertz CT molecular complexity index is 1390. The number of anilines is 1. The second kappa shape index (κ2) is 9.23. The van der Waals surface area contributed by atoms with Gasteiger partial charge in [0.05, 0.1) is 17.5 Å². The number of piperidine rings is 1. The van der Waals surface area contributed by atoms with Crippen molar-refractivity contribution in [3.05, 3.63) is 53.9 Å². The van der Waals surface area contributed by atoms with Crippen LogP contribution in [0, 0.1) is 17.1 Å². The van der Waals surface area contributed by atoms with Gasteiger partial charge in [-0.3, -0.25) is 0 Å². The fourth-order valence-electron chi connectivity index (χ4n) is 3.76. The van der Waals surface area contributed by atoms with E-state index in [1.54, 1.807) is 0 Å². The Balaban J connectivity index is 1.65. The summed E-state index contributed by atoms with van der Waals surface area (Å²) in [4.78, 5) is 11.9. The lowest BCUT2D eigenvalue weighted by Crippen LogP contribution is -2.42. The van der Waals surface area contributed by atoms with E-state index in [2.05, 4.69) is 20.3 Å². The van der Waals surface area contributed by atoms with Crippen LogP contribution >= 0.6 is 0 Å². The topological polar surface area (TPSA) is 117 Å². The van der Waals surface area contributed by atoms with Crippen molar-refractivity contribution in [3.63, 3.8) is 0 Å². The Morgan fingerprint density at radius 3 is 2.54 bits per heavy atom. The van der Waals surface area contributed by atoms with E-state index in [9.17, 15) is 31.2 Å². The molecule has 0 spiro atoms. The van der Waals surface area contributed by atoms with Crippen LogP contribution in [0.1, 0.15) is 24.0 Å². The molecule has 3 aromatic rings. The lowest BCUT2D eigenvalue weighted by Gasteiger charge is -2.30. The molecule has 1 aliphatic heterocycles. The first-order chi connectivity index (χ1) is 16.5. The minimum absolute atomic E-state index is 0.0659. The number of sulfonamides is 1. The van der Waals surface area contributed by atoms with E-state index >= 15 is 0 Å². The molecule has 1 aromatic carbocycles. The van der Waals surface area contributed by atoms with Crippen LogP contribution in [0.5, 0.6) is 0 Å². The summed E-state index contributed by atoms with van der Waals surface area (Å²) >= 11 is 0. The minimum atomic E-state index is -4.77. The molecule has 14 heteroatoms. The van der Waals surface area contributed by atoms with E-state index in [1.807, 2.05) is 6.07 Å². The van der Waals surface area contributed by atoms with Crippen LogP contribution in [0.4, 0.5) is 23.5 Å². The van der Waals surface area contributed by atoms with E-state index in [0.29, 0.717) is 19.0 Å². The molecule has 1 fully saturated rings. The molecule has 184 valence electrons. The number of rotatable bonds is 5. The molecule has 0 aliphatic carbocycles. The third-order valence-corrected chi connectivity index (χ3v) is 6.84. The lowest BCUT2D eigenvalue weighted by molar-refractivity contribution is -0.137. The van der Waals surface area contributed by atoms with Crippen LogP contribution in [0.3, 0.4) is 0 Å². The zero-order valence-electron chi connectivity index (χ0n) is 18.3. The third-order valence-electron chi connectivity index (χ3n) is 5.53. The molecule has 0 saturated carbocycles. The van der Waals surface area contributed by atoms with E-state index < -0.39 is 33.3 Å². The zero-order valence-corrected chi connectivity index (χ0v) is 19.1. The van der Waals surface area contributed by atoms with Gasteiger partial charge in [-0.1, -0.05) is 0 Å². The number of benzene rings is 1. The maximum absolute atomic E-state index is 13.7. The molecule has 9 nitrogen and oxygen atoms in total. The highest BCUT2D eigenvalue weighted by atomic mass is 32.2. The number of alkyl halides is 3. The van der Waals surface area contributed by atoms with Gasteiger partial charge in [-0.25, -0.2) is 32.1 Å². The van der Waals surface area contributed by atoms with Crippen molar-refractivity contribution in [3.8, 4) is 23.1 Å². The van der Waals surface area contributed by atoms with Crippen LogP contribution < -0.4 is 5.32 Å². The second-order valence-electron chi connectivity index (χ2n) is 7.97. The van der Waals surface area contributed by atoms with E-state index in [0.717, 1.165) is 18.4 Å². The Morgan fingerprint density at radius 1 is 1.20 bits per heavy atom. The van der Waals surface area contributed by atoms with Crippen molar-refractivity contribution in [2.75, 3.05) is 24.7 Å². The highest BCUT2D eigenvalue weighted by Gasteiger charge is 2.36. The quantitative estimate of drug-likeness (QED) is 0.525. The minimum Gasteiger partial charge on any atom is -0.351 e. The Morgan fingerprint density at radius 2 is 1.91 bits per heavy atom. The number of nitrogens with one attached hydrogen (secondary N) is 1. The summed E-state index contributed by atoms with van der Waals surface area (Å²) in [6, 6.07) is 5.10. The molecule has 3 heterocycles. The number of nitriles is 1. The Hall–Kier alpha value is -3.57. The largest absolute Gasteiger partial charge is 0.420 e. The molecule has 0 bridgehead atoms. The summed E-state index contributed by atoms with van der Waals surface area (Å²) in [7, 11) is -3.32. The highest BCUT2D eigenvalue weighted by molar-refractivity contribution is 7.88. The van der Waals surface area contributed by atoms with Crippen molar-refractivity contribution in [1.29, 1.82) is 5.26 Å².